The third-order valence-corrected chi connectivity index (χ3v) is 9.46. The van der Waals surface area contributed by atoms with Crippen LogP contribution in [-0.2, 0) is 23.8 Å². The van der Waals surface area contributed by atoms with Gasteiger partial charge in [-0.2, -0.15) is 13.2 Å². The minimum atomic E-state index is -5.17. The van der Waals surface area contributed by atoms with Gasteiger partial charge < -0.3 is 14.5 Å². The Morgan fingerprint density at radius 1 is 1.11 bits per heavy atom. The summed E-state index contributed by atoms with van der Waals surface area (Å²) in [6, 6.07) is -1.74. The lowest BCUT2D eigenvalue weighted by molar-refractivity contribution is -0.144. The van der Waals surface area contributed by atoms with Crippen molar-refractivity contribution in [2.45, 2.75) is 51.4 Å². The van der Waals surface area contributed by atoms with Crippen LogP contribution in [0.3, 0.4) is 0 Å². The second-order valence-electron chi connectivity index (χ2n) is 11.4. The number of anilines is 1. The summed E-state index contributed by atoms with van der Waals surface area (Å²) in [5.74, 6) is -1.79. The molecule has 5 heterocycles. The molecule has 3 aromatic heterocycles. The van der Waals surface area contributed by atoms with E-state index in [0.29, 0.717) is 30.4 Å². The van der Waals surface area contributed by atoms with Crippen molar-refractivity contribution in [1.82, 2.24) is 19.0 Å². The second kappa shape index (κ2) is 12.2. The molecule has 3 aromatic rings. The maximum atomic E-state index is 15.4. The van der Waals surface area contributed by atoms with E-state index in [0.717, 1.165) is 16.7 Å². The lowest BCUT2D eigenvalue weighted by Crippen LogP contribution is -2.54. The van der Waals surface area contributed by atoms with E-state index in [9.17, 15) is 27.6 Å². The molecule has 9 nitrogen and oxygen atoms in total. The Hall–Kier alpha value is -4.10. The first-order valence-corrected chi connectivity index (χ1v) is 15.7. The van der Waals surface area contributed by atoms with Gasteiger partial charge in [0.05, 0.1) is 29.1 Å². The molecule has 248 valence electrons. The highest BCUT2D eigenvalue weighted by atomic mass is 35.5. The van der Waals surface area contributed by atoms with E-state index < -0.39 is 56.5 Å². The van der Waals surface area contributed by atoms with Gasteiger partial charge in [0.1, 0.15) is 23.1 Å². The van der Waals surface area contributed by atoms with Crippen molar-refractivity contribution in [3.05, 3.63) is 90.6 Å². The molecule has 47 heavy (non-hydrogen) atoms. The number of allylic oxidation sites excluding steroid dienone is 4. The molecule has 0 saturated carbocycles. The van der Waals surface area contributed by atoms with Crippen molar-refractivity contribution in [2.75, 3.05) is 31.1 Å². The van der Waals surface area contributed by atoms with Crippen molar-refractivity contribution in [1.29, 1.82) is 0 Å². The summed E-state index contributed by atoms with van der Waals surface area (Å²) >= 11 is 12.2. The maximum Gasteiger partial charge on any atom is 0.431 e. The molecule has 0 aromatic carbocycles. The van der Waals surface area contributed by atoms with Crippen molar-refractivity contribution in [3.8, 4) is 11.4 Å². The van der Waals surface area contributed by atoms with Gasteiger partial charge in [0.2, 0.25) is 11.7 Å². The zero-order chi connectivity index (χ0) is 33.9. The summed E-state index contributed by atoms with van der Waals surface area (Å²) in [6.07, 6.45) is 1.04. The molecule has 0 radical (unpaired) electrons. The molecular weight excluding hydrogens is 665 g/mol. The topological polar surface area (TPSA) is 89.7 Å². The van der Waals surface area contributed by atoms with Crippen LogP contribution in [0.5, 0.6) is 5.75 Å². The third-order valence-electron chi connectivity index (χ3n) is 8.86. The number of amides is 1. The summed E-state index contributed by atoms with van der Waals surface area (Å²) in [7, 11) is 0. The van der Waals surface area contributed by atoms with Crippen LogP contribution in [0.4, 0.5) is 23.2 Å². The highest BCUT2D eigenvalue weighted by Gasteiger charge is 2.43. The molecule has 3 aliphatic rings. The highest BCUT2D eigenvalue weighted by Crippen LogP contribution is 2.45. The summed E-state index contributed by atoms with van der Waals surface area (Å²) in [6.45, 7) is 7.67. The number of hydrogen-bond donors (Lipinski definition) is 0. The van der Waals surface area contributed by atoms with Crippen molar-refractivity contribution in [2.24, 2.45) is 0 Å². The fourth-order valence-electron chi connectivity index (χ4n) is 6.67. The van der Waals surface area contributed by atoms with Crippen LogP contribution in [0.15, 0.2) is 62.7 Å². The summed E-state index contributed by atoms with van der Waals surface area (Å²) < 4.78 is 67.6. The van der Waals surface area contributed by atoms with Gasteiger partial charge in [0, 0.05) is 48.9 Å². The molecule has 6 rings (SSSR count). The van der Waals surface area contributed by atoms with Crippen molar-refractivity contribution >= 4 is 45.7 Å². The molecule has 0 N–H and O–H groups in total. The number of halogens is 6. The molecule has 2 atom stereocenters. The van der Waals surface area contributed by atoms with Gasteiger partial charge in [0.25, 0.3) is 11.1 Å². The van der Waals surface area contributed by atoms with Crippen LogP contribution in [-0.4, -0.2) is 57.2 Å². The average Bonchev–Trinajstić information content (AvgIpc) is 3.18. The Bertz CT molecular complexity index is 2000. The van der Waals surface area contributed by atoms with E-state index >= 15 is 4.39 Å². The Kier molecular flexibility index (Phi) is 8.50. The summed E-state index contributed by atoms with van der Waals surface area (Å²) in [5, 5.41) is -1.21. The Morgan fingerprint density at radius 2 is 1.79 bits per heavy atom. The van der Waals surface area contributed by atoms with Gasteiger partial charge in [0.15, 0.2) is 0 Å². The van der Waals surface area contributed by atoms with E-state index in [2.05, 4.69) is 11.6 Å². The van der Waals surface area contributed by atoms with Gasteiger partial charge in [-0.3, -0.25) is 28.5 Å². The largest absolute Gasteiger partial charge is 0.486 e. The van der Waals surface area contributed by atoms with Gasteiger partial charge in [-0.15, -0.1) is 0 Å². The number of ether oxygens (including phenoxy) is 1. The number of nitrogens with zero attached hydrogens (tertiary/aromatic N) is 5. The van der Waals surface area contributed by atoms with E-state index in [1.54, 1.807) is 9.80 Å². The van der Waals surface area contributed by atoms with Crippen molar-refractivity contribution in [3.63, 3.8) is 0 Å². The van der Waals surface area contributed by atoms with Gasteiger partial charge in [-0.25, -0.2) is 4.39 Å². The Labute approximate surface area is 275 Å². The molecule has 1 aliphatic carbocycles. The summed E-state index contributed by atoms with van der Waals surface area (Å²) in [4.78, 5) is 49.4. The fraction of sp³-hybridized carbons (Fsp3) is 0.375. The number of aromatic nitrogens is 3. The van der Waals surface area contributed by atoms with Gasteiger partial charge >= 0.3 is 6.18 Å². The molecule has 1 amide bonds. The summed E-state index contributed by atoms with van der Waals surface area (Å²) in [5.41, 5.74) is -2.64. The van der Waals surface area contributed by atoms with Gasteiger partial charge in [-0.1, -0.05) is 43.6 Å². The predicted octanol–water partition coefficient (Wildman–Crippen LogP) is 5.77. The van der Waals surface area contributed by atoms with E-state index in [1.165, 1.54) is 18.5 Å². The average molecular weight is 695 g/mol. The van der Waals surface area contributed by atoms with Crippen LogP contribution < -0.4 is 20.8 Å². The second-order valence-corrected chi connectivity index (χ2v) is 12.2. The minimum absolute atomic E-state index is 0.00328. The molecular formula is C32H29Cl2F4N5O4. The van der Waals surface area contributed by atoms with E-state index in [4.69, 9.17) is 27.9 Å². The van der Waals surface area contributed by atoms with Crippen LogP contribution in [0.1, 0.15) is 43.1 Å². The molecule has 0 unspecified atom stereocenters. The number of rotatable bonds is 5. The number of aryl methyl sites for hydroxylation is 2. The fourth-order valence-corrected chi connectivity index (χ4v) is 7.25. The molecule has 0 bridgehead atoms. The van der Waals surface area contributed by atoms with Gasteiger partial charge in [-0.05, 0) is 42.2 Å². The number of piperazine rings is 1. The first-order valence-electron chi connectivity index (χ1n) is 15.0. The van der Waals surface area contributed by atoms with Crippen LogP contribution in [0, 0.1) is 0 Å². The number of alkyl halides is 3. The smallest absolute Gasteiger partial charge is 0.431 e. The van der Waals surface area contributed by atoms with E-state index in [1.807, 2.05) is 13.8 Å². The van der Waals surface area contributed by atoms with Crippen LogP contribution in [0.2, 0.25) is 0 Å². The maximum absolute atomic E-state index is 15.4. The lowest BCUT2D eigenvalue weighted by Gasteiger charge is -2.42. The Balaban J connectivity index is 1.80. The third kappa shape index (κ3) is 5.23. The molecule has 1 saturated heterocycles. The first kappa shape index (κ1) is 32.8. The number of hydrogen-bond acceptors (Lipinski definition) is 6. The minimum Gasteiger partial charge on any atom is -0.486 e. The van der Waals surface area contributed by atoms with Crippen LogP contribution in [0.25, 0.3) is 16.6 Å². The number of pyridine rings is 3. The quantitative estimate of drug-likeness (QED) is 0.249. The number of carbonyl (C=O) groups excluding carboxylic acids is 1. The zero-order valence-electron chi connectivity index (χ0n) is 25.3. The van der Waals surface area contributed by atoms with Crippen LogP contribution >= 0.6 is 23.2 Å². The monoisotopic (exact) mass is 693 g/mol. The zero-order valence-corrected chi connectivity index (χ0v) is 26.8. The molecule has 1 fully saturated rings. The van der Waals surface area contributed by atoms with Crippen molar-refractivity contribution < 1.29 is 27.1 Å². The Morgan fingerprint density at radius 3 is 2.36 bits per heavy atom. The molecule has 2 aliphatic heterocycles. The molecule has 0 spiro atoms. The SMILES string of the molecule is C=CC(=O)N1CCN2c3c(c(=O)n(-c4c(CC)cncc4CC)c4c(=O)n([C@H]5C(Cl)=CC(Cl)=C5F)c(C(F)(F)F)cc34)OCC[C@H]2C1. The standard InChI is InChI=1S/C32H29Cl2F4N5O4/c1-4-16-13-39-14-17(5-2)25(16)43-27-19(11-22(32(36,37)38)42(30(27)45)28-21(34)12-20(33)24(28)35)26-29(31(43)46)47-10-7-18-15-40(23(44)6-3)8-9-41(18)26/h6,11-14,18,28H,3-5,7-10,15H2,1-2H3/t18-,28-/m0/s1. The lowest BCUT2D eigenvalue weighted by atomic mass is 10.0. The van der Waals surface area contributed by atoms with E-state index in [-0.39, 0.29) is 59.2 Å². The molecule has 15 heteroatoms. The predicted molar refractivity (Wildman–Crippen MR) is 170 cm³/mol. The number of carbonyl (C=O) groups is 1. The number of fused-ring (bicyclic) bond motifs is 5. The first-order chi connectivity index (χ1) is 22.3. The normalized spacial score (nSPS) is 19.7. The highest BCUT2D eigenvalue weighted by molar-refractivity contribution is 6.36.